The fourth-order valence-electron chi connectivity index (χ4n) is 2.70. The van der Waals surface area contributed by atoms with Gasteiger partial charge < -0.3 is 14.8 Å². The maximum atomic E-state index is 5.79. The average molecular weight is 304 g/mol. The van der Waals surface area contributed by atoms with E-state index in [0.29, 0.717) is 23.8 Å². The number of benzene rings is 2. The third-order valence-electron chi connectivity index (χ3n) is 3.86. The number of hydrogen-bond acceptors (Lipinski definition) is 4. The number of nitrogens with two attached hydrogens (primary N) is 1. The molecule has 2 aromatic carbocycles. The predicted octanol–water partition coefficient (Wildman–Crippen LogP) is 3.52. The molecule has 2 N–H and O–H groups in total. The van der Waals surface area contributed by atoms with Gasteiger partial charge in [0, 0.05) is 35.9 Å². The Morgan fingerprint density at radius 3 is 2.87 bits per heavy atom. The maximum absolute atomic E-state index is 5.79. The summed E-state index contributed by atoms with van der Waals surface area (Å²) in [6, 6.07) is 17.9. The van der Waals surface area contributed by atoms with E-state index in [2.05, 4.69) is 39.1 Å². The minimum atomic E-state index is 0.574. The van der Waals surface area contributed by atoms with Gasteiger partial charge in [0.15, 0.2) is 0 Å². The Morgan fingerprint density at radius 1 is 1.04 bits per heavy atom. The summed E-state index contributed by atoms with van der Waals surface area (Å²) >= 11 is 0. The van der Waals surface area contributed by atoms with Gasteiger partial charge >= 0.3 is 0 Å². The van der Waals surface area contributed by atoms with E-state index < -0.39 is 0 Å². The highest BCUT2D eigenvalue weighted by Crippen LogP contribution is 2.19. The van der Waals surface area contributed by atoms with Crippen molar-refractivity contribution in [3.63, 3.8) is 0 Å². The van der Waals surface area contributed by atoms with Gasteiger partial charge in [-0.05, 0) is 29.7 Å². The molecule has 5 heteroatoms. The van der Waals surface area contributed by atoms with Gasteiger partial charge in [-0.25, -0.2) is 0 Å². The van der Waals surface area contributed by atoms with Crippen LogP contribution >= 0.6 is 0 Å². The second-order valence-corrected chi connectivity index (χ2v) is 5.46. The number of para-hydroxylation sites is 1. The molecule has 23 heavy (non-hydrogen) atoms. The number of aromatic nitrogens is 3. The molecule has 5 nitrogen and oxygen atoms in total. The standard InChI is InChI=1S/C18H16N4O/c19-15-6-3-5-14(12-15)18-20-17(23-21-18)9-11-22-10-8-13-4-1-2-7-16(13)22/h1-8,10,12H,9,11,19H2. The third kappa shape index (κ3) is 2.68. The van der Waals surface area contributed by atoms with Crippen LogP contribution in [0, 0.1) is 0 Å². The van der Waals surface area contributed by atoms with Crippen LogP contribution in [0.15, 0.2) is 65.3 Å². The number of anilines is 1. The summed E-state index contributed by atoms with van der Waals surface area (Å²) < 4.78 is 7.55. The second kappa shape index (κ2) is 5.61. The average Bonchev–Trinajstić information content (AvgIpc) is 3.20. The molecule has 4 aromatic rings. The van der Waals surface area contributed by atoms with E-state index in [0.717, 1.165) is 12.1 Å². The van der Waals surface area contributed by atoms with Gasteiger partial charge in [0.25, 0.3) is 0 Å². The van der Waals surface area contributed by atoms with Gasteiger partial charge in [-0.2, -0.15) is 4.98 Å². The van der Waals surface area contributed by atoms with Crippen LogP contribution in [0.1, 0.15) is 5.89 Å². The number of nitrogens with zero attached hydrogens (tertiary/aromatic N) is 3. The molecule has 0 bridgehead atoms. The zero-order chi connectivity index (χ0) is 15.6. The molecular weight excluding hydrogens is 288 g/mol. The first-order valence-corrected chi connectivity index (χ1v) is 7.52. The molecular formula is C18H16N4O. The fourth-order valence-corrected chi connectivity index (χ4v) is 2.70. The van der Waals surface area contributed by atoms with Crippen molar-refractivity contribution in [1.82, 2.24) is 14.7 Å². The van der Waals surface area contributed by atoms with E-state index in [1.165, 1.54) is 10.9 Å². The van der Waals surface area contributed by atoms with Crippen LogP contribution in [0.5, 0.6) is 0 Å². The second-order valence-electron chi connectivity index (χ2n) is 5.46. The molecule has 0 radical (unpaired) electrons. The van der Waals surface area contributed by atoms with Gasteiger partial charge in [0.05, 0.1) is 0 Å². The van der Waals surface area contributed by atoms with Crippen LogP contribution in [0.3, 0.4) is 0 Å². The molecule has 0 unspecified atom stereocenters. The summed E-state index contributed by atoms with van der Waals surface area (Å²) in [6.07, 6.45) is 2.77. The van der Waals surface area contributed by atoms with E-state index in [-0.39, 0.29) is 0 Å². The van der Waals surface area contributed by atoms with Crippen molar-refractivity contribution in [3.05, 3.63) is 66.7 Å². The van der Waals surface area contributed by atoms with Crippen molar-refractivity contribution in [1.29, 1.82) is 0 Å². The first kappa shape index (κ1) is 13.6. The Kier molecular flexibility index (Phi) is 3.31. The largest absolute Gasteiger partial charge is 0.399 e. The zero-order valence-corrected chi connectivity index (χ0v) is 12.5. The summed E-state index contributed by atoms with van der Waals surface area (Å²) in [6.45, 7) is 0.798. The zero-order valence-electron chi connectivity index (χ0n) is 12.5. The van der Waals surface area contributed by atoms with Gasteiger partial charge in [0.1, 0.15) is 0 Å². The minimum absolute atomic E-state index is 0.574. The highest BCUT2D eigenvalue weighted by molar-refractivity contribution is 5.79. The van der Waals surface area contributed by atoms with E-state index >= 15 is 0 Å². The number of hydrogen-bond donors (Lipinski definition) is 1. The Labute approximate surface area is 133 Å². The molecule has 0 saturated carbocycles. The Hall–Kier alpha value is -3.08. The minimum Gasteiger partial charge on any atom is -0.399 e. The van der Waals surface area contributed by atoms with Crippen molar-refractivity contribution in [2.75, 3.05) is 5.73 Å². The lowest BCUT2D eigenvalue weighted by atomic mass is 10.2. The lowest BCUT2D eigenvalue weighted by Crippen LogP contribution is -1.99. The molecule has 0 fully saturated rings. The Balaban J connectivity index is 1.52. The smallest absolute Gasteiger partial charge is 0.228 e. The molecule has 0 amide bonds. The third-order valence-corrected chi connectivity index (χ3v) is 3.86. The predicted molar refractivity (Wildman–Crippen MR) is 89.8 cm³/mol. The van der Waals surface area contributed by atoms with Crippen LogP contribution in [0.25, 0.3) is 22.3 Å². The lowest BCUT2D eigenvalue weighted by Gasteiger charge is -2.02. The van der Waals surface area contributed by atoms with Crippen LogP contribution in [-0.2, 0) is 13.0 Å². The van der Waals surface area contributed by atoms with Crippen LogP contribution < -0.4 is 5.73 Å². The summed E-state index contributed by atoms with van der Waals surface area (Å²) in [4.78, 5) is 4.45. The fraction of sp³-hybridized carbons (Fsp3) is 0.111. The van der Waals surface area contributed by atoms with Crippen molar-refractivity contribution >= 4 is 16.6 Å². The van der Waals surface area contributed by atoms with Gasteiger partial charge in [0.2, 0.25) is 11.7 Å². The normalized spacial score (nSPS) is 11.1. The van der Waals surface area contributed by atoms with E-state index in [1.54, 1.807) is 0 Å². The Morgan fingerprint density at radius 2 is 1.96 bits per heavy atom. The molecule has 2 aromatic heterocycles. The topological polar surface area (TPSA) is 69.9 Å². The number of aryl methyl sites for hydroxylation is 2. The van der Waals surface area contributed by atoms with Crippen molar-refractivity contribution in [3.8, 4) is 11.4 Å². The van der Waals surface area contributed by atoms with Crippen molar-refractivity contribution in [2.24, 2.45) is 0 Å². The number of fused-ring (bicyclic) bond motifs is 1. The lowest BCUT2D eigenvalue weighted by molar-refractivity contribution is 0.373. The quantitative estimate of drug-likeness (QED) is 0.586. The molecule has 0 spiro atoms. The first-order chi connectivity index (χ1) is 11.3. The summed E-state index contributed by atoms with van der Waals surface area (Å²) in [5.41, 5.74) is 8.55. The van der Waals surface area contributed by atoms with Crippen molar-refractivity contribution in [2.45, 2.75) is 13.0 Å². The molecule has 0 aliphatic heterocycles. The molecule has 0 atom stereocenters. The van der Waals surface area contributed by atoms with Gasteiger partial charge in [-0.1, -0.05) is 35.5 Å². The number of nitrogen functional groups attached to an aromatic ring is 1. The molecule has 0 aliphatic carbocycles. The van der Waals surface area contributed by atoms with E-state index in [1.807, 2.05) is 36.4 Å². The van der Waals surface area contributed by atoms with Crippen LogP contribution in [0.4, 0.5) is 5.69 Å². The van der Waals surface area contributed by atoms with Gasteiger partial charge in [-0.3, -0.25) is 0 Å². The van der Waals surface area contributed by atoms with E-state index in [9.17, 15) is 0 Å². The molecule has 114 valence electrons. The highest BCUT2D eigenvalue weighted by atomic mass is 16.5. The Bertz CT molecular complexity index is 954. The maximum Gasteiger partial charge on any atom is 0.228 e. The summed E-state index contributed by atoms with van der Waals surface area (Å²) in [5.74, 6) is 1.20. The summed E-state index contributed by atoms with van der Waals surface area (Å²) in [5, 5.41) is 5.27. The molecule has 4 rings (SSSR count). The van der Waals surface area contributed by atoms with Crippen LogP contribution in [0.2, 0.25) is 0 Å². The molecule has 0 aliphatic rings. The molecule has 2 heterocycles. The van der Waals surface area contributed by atoms with Gasteiger partial charge in [-0.15, -0.1) is 0 Å². The monoisotopic (exact) mass is 304 g/mol. The van der Waals surface area contributed by atoms with E-state index in [4.69, 9.17) is 10.3 Å². The summed E-state index contributed by atoms with van der Waals surface area (Å²) in [7, 11) is 0. The van der Waals surface area contributed by atoms with Crippen LogP contribution in [-0.4, -0.2) is 14.7 Å². The van der Waals surface area contributed by atoms with Crippen molar-refractivity contribution < 1.29 is 4.52 Å². The number of rotatable bonds is 4. The highest BCUT2D eigenvalue weighted by Gasteiger charge is 2.09. The molecule has 0 saturated heterocycles. The SMILES string of the molecule is Nc1cccc(-c2noc(CCn3ccc4ccccc43)n2)c1. The first-order valence-electron chi connectivity index (χ1n) is 7.52.